The van der Waals surface area contributed by atoms with Crippen LogP contribution in [-0.2, 0) is 9.53 Å². The molecule has 2 aromatic heterocycles. The first-order valence-corrected chi connectivity index (χ1v) is 11.1. The highest BCUT2D eigenvalue weighted by Crippen LogP contribution is 2.38. The predicted molar refractivity (Wildman–Crippen MR) is 121 cm³/mol. The van der Waals surface area contributed by atoms with E-state index in [4.69, 9.17) is 16.3 Å². The zero-order valence-electron chi connectivity index (χ0n) is 17.7. The van der Waals surface area contributed by atoms with Crippen molar-refractivity contribution in [3.63, 3.8) is 0 Å². The molecule has 2 aliphatic rings. The molecule has 0 saturated carbocycles. The molecule has 1 unspecified atom stereocenters. The minimum atomic E-state index is -0.561. The number of anilines is 1. The summed E-state index contributed by atoms with van der Waals surface area (Å²) < 4.78 is 6.35. The van der Waals surface area contributed by atoms with E-state index in [9.17, 15) is 9.59 Å². The molecule has 4 heterocycles. The molecule has 32 heavy (non-hydrogen) atoms. The minimum Gasteiger partial charge on any atom is -0.353 e. The average molecular weight is 451 g/mol. The first-order chi connectivity index (χ1) is 15.5. The Kier molecular flexibility index (Phi) is 5.53. The monoisotopic (exact) mass is 450 g/mol. The summed E-state index contributed by atoms with van der Waals surface area (Å²) in [7, 11) is 0. The Balaban J connectivity index is 1.41. The number of hydrogen-bond donors (Lipinski definition) is 0. The van der Waals surface area contributed by atoms with E-state index in [1.54, 1.807) is 17.9 Å². The van der Waals surface area contributed by atoms with E-state index in [1.807, 2.05) is 47.4 Å². The maximum absolute atomic E-state index is 13.3. The largest absolute Gasteiger partial charge is 0.353 e. The normalized spacial score (nSPS) is 18.9. The highest BCUT2D eigenvalue weighted by molar-refractivity contribution is 6.29. The van der Waals surface area contributed by atoms with Crippen molar-refractivity contribution in [1.82, 2.24) is 14.9 Å². The lowest BCUT2D eigenvalue weighted by Gasteiger charge is -2.32. The van der Waals surface area contributed by atoms with Gasteiger partial charge in [0.25, 0.3) is 5.91 Å². The summed E-state index contributed by atoms with van der Waals surface area (Å²) in [5.74, 6) is 0.776. The van der Waals surface area contributed by atoms with Crippen LogP contribution in [0.3, 0.4) is 0 Å². The van der Waals surface area contributed by atoms with Gasteiger partial charge in [-0.15, -0.1) is 0 Å². The lowest BCUT2D eigenvalue weighted by atomic mass is 9.98. The number of likely N-dealkylation sites (tertiary alicyclic amines) is 1. The van der Waals surface area contributed by atoms with Gasteiger partial charge in [-0.1, -0.05) is 29.8 Å². The summed E-state index contributed by atoms with van der Waals surface area (Å²) in [6, 6.07) is 14.8. The van der Waals surface area contributed by atoms with E-state index in [2.05, 4.69) is 9.97 Å². The third-order valence-corrected chi connectivity index (χ3v) is 6.42. The third kappa shape index (κ3) is 3.82. The molecule has 1 aromatic carbocycles. The molecular weight excluding hydrogens is 428 g/mol. The quantitative estimate of drug-likeness (QED) is 0.556. The number of fused-ring (bicyclic) bond motifs is 2. The molecule has 0 aliphatic carbocycles. The number of halogens is 1. The number of amides is 2. The van der Waals surface area contributed by atoms with E-state index in [-0.39, 0.29) is 11.8 Å². The second-order valence-corrected chi connectivity index (χ2v) is 8.63. The summed E-state index contributed by atoms with van der Waals surface area (Å²) in [6.07, 6.45) is 1.21. The molecule has 1 atom stereocenters. The molecule has 3 aromatic rings. The van der Waals surface area contributed by atoms with Gasteiger partial charge >= 0.3 is 0 Å². The van der Waals surface area contributed by atoms with Crippen molar-refractivity contribution in [2.24, 2.45) is 5.92 Å². The van der Waals surface area contributed by atoms with E-state index < -0.39 is 6.23 Å². The van der Waals surface area contributed by atoms with E-state index in [0.717, 1.165) is 36.9 Å². The number of carbonyl (C=O) groups is 2. The molecule has 2 amide bonds. The van der Waals surface area contributed by atoms with Gasteiger partial charge in [0.05, 0.1) is 6.61 Å². The summed E-state index contributed by atoms with van der Waals surface area (Å²) in [5.41, 5.74) is 1.93. The predicted octanol–water partition coefficient (Wildman–Crippen LogP) is 4.22. The summed E-state index contributed by atoms with van der Waals surface area (Å²) in [4.78, 5) is 37.3. The molecule has 0 bridgehead atoms. The fourth-order valence-corrected chi connectivity index (χ4v) is 4.56. The molecular formula is C24H23ClN4O3. The van der Waals surface area contributed by atoms with Crippen molar-refractivity contribution in [2.75, 3.05) is 24.6 Å². The number of benzene rings is 1. The number of nitrogens with zero attached hydrogens (tertiary/aromatic N) is 4. The first kappa shape index (κ1) is 20.8. The van der Waals surface area contributed by atoms with Gasteiger partial charge in [-0.3, -0.25) is 14.5 Å². The molecule has 164 valence electrons. The SMILES string of the molecule is CC(=O)N1CCC(COC2c3ccccc3C(=O)N2c2ccc3ccc(Cl)nc3n2)CC1. The molecule has 0 spiro atoms. The number of carbonyl (C=O) groups excluding carboxylic acids is 2. The van der Waals surface area contributed by atoms with Gasteiger partial charge in [0.1, 0.15) is 11.0 Å². The van der Waals surface area contributed by atoms with Crippen LogP contribution in [0.5, 0.6) is 0 Å². The lowest BCUT2D eigenvalue weighted by molar-refractivity contribution is -0.130. The molecule has 0 N–H and O–H groups in total. The number of pyridine rings is 2. The van der Waals surface area contributed by atoms with E-state index >= 15 is 0 Å². The van der Waals surface area contributed by atoms with Gasteiger partial charge in [-0.05, 0) is 49.1 Å². The summed E-state index contributed by atoms with van der Waals surface area (Å²) in [6.45, 7) is 3.60. The zero-order valence-corrected chi connectivity index (χ0v) is 18.5. The van der Waals surface area contributed by atoms with Crippen molar-refractivity contribution >= 4 is 40.3 Å². The van der Waals surface area contributed by atoms with Gasteiger partial charge in [0.2, 0.25) is 5.91 Å². The van der Waals surface area contributed by atoms with Crippen molar-refractivity contribution in [3.8, 4) is 0 Å². The van der Waals surface area contributed by atoms with Gasteiger partial charge in [0.15, 0.2) is 11.9 Å². The first-order valence-electron chi connectivity index (χ1n) is 10.7. The van der Waals surface area contributed by atoms with Crippen molar-refractivity contribution in [1.29, 1.82) is 0 Å². The van der Waals surface area contributed by atoms with Crippen LogP contribution in [0.4, 0.5) is 5.82 Å². The molecule has 5 rings (SSSR count). The molecule has 7 nitrogen and oxygen atoms in total. The highest BCUT2D eigenvalue weighted by Gasteiger charge is 2.39. The molecule has 2 aliphatic heterocycles. The standard InChI is InChI=1S/C24H23ClN4O3/c1-15(30)28-12-10-16(11-13-28)14-32-24-19-5-3-2-4-18(19)23(31)29(24)21-9-7-17-6-8-20(25)26-22(17)27-21/h2-9,16,24H,10-14H2,1H3. The average Bonchev–Trinajstić information content (AvgIpc) is 3.09. The van der Waals surface area contributed by atoms with Gasteiger partial charge in [-0.2, -0.15) is 0 Å². The van der Waals surface area contributed by atoms with Gasteiger partial charge in [-0.25, -0.2) is 9.97 Å². The van der Waals surface area contributed by atoms with Crippen LogP contribution in [0.1, 0.15) is 41.9 Å². The molecule has 1 fully saturated rings. The highest BCUT2D eigenvalue weighted by atomic mass is 35.5. The van der Waals surface area contributed by atoms with Gasteiger partial charge in [0, 0.05) is 36.5 Å². The Hall–Kier alpha value is -3.03. The maximum Gasteiger partial charge on any atom is 0.262 e. The number of rotatable bonds is 4. The number of ether oxygens (including phenoxy) is 1. The Morgan fingerprint density at radius 2 is 1.84 bits per heavy atom. The minimum absolute atomic E-state index is 0.113. The van der Waals surface area contributed by atoms with Crippen LogP contribution in [0.2, 0.25) is 5.15 Å². The Morgan fingerprint density at radius 3 is 2.62 bits per heavy atom. The van der Waals surface area contributed by atoms with Crippen LogP contribution < -0.4 is 4.90 Å². The lowest BCUT2D eigenvalue weighted by Crippen LogP contribution is -2.38. The Morgan fingerprint density at radius 1 is 1.09 bits per heavy atom. The summed E-state index contributed by atoms with van der Waals surface area (Å²) >= 11 is 6.05. The third-order valence-electron chi connectivity index (χ3n) is 6.21. The second kappa shape index (κ2) is 8.48. The van der Waals surface area contributed by atoms with Crippen LogP contribution in [0, 0.1) is 5.92 Å². The summed E-state index contributed by atoms with van der Waals surface area (Å²) in [5, 5.41) is 1.19. The van der Waals surface area contributed by atoms with Crippen LogP contribution in [0.15, 0.2) is 48.5 Å². The van der Waals surface area contributed by atoms with Crippen molar-refractivity contribution in [3.05, 3.63) is 64.8 Å². The van der Waals surface area contributed by atoms with Crippen LogP contribution >= 0.6 is 11.6 Å². The van der Waals surface area contributed by atoms with Crippen LogP contribution in [-0.4, -0.2) is 46.4 Å². The Bertz CT molecular complexity index is 1190. The molecule has 8 heteroatoms. The van der Waals surface area contributed by atoms with E-state index in [1.165, 1.54) is 0 Å². The van der Waals surface area contributed by atoms with Crippen LogP contribution in [0.25, 0.3) is 11.0 Å². The Labute approximate surface area is 191 Å². The molecule has 0 radical (unpaired) electrons. The fraction of sp³-hybridized carbons (Fsp3) is 0.333. The van der Waals surface area contributed by atoms with Gasteiger partial charge < -0.3 is 9.64 Å². The number of hydrogen-bond acceptors (Lipinski definition) is 5. The number of piperidine rings is 1. The smallest absolute Gasteiger partial charge is 0.262 e. The molecule has 1 saturated heterocycles. The second-order valence-electron chi connectivity index (χ2n) is 8.25. The maximum atomic E-state index is 13.3. The fourth-order valence-electron chi connectivity index (χ4n) is 4.41. The van der Waals surface area contributed by atoms with Crippen molar-refractivity contribution < 1.29 is 14.3 Å². The van der Waals surface area contributed by atoms with Crippen molar-refractivity contribution in [2.45, 2.75) is 26.0 Å². The van der Waals surface area contributed by atoms with E-state index in [0.29, 0.717) is 34.7 Å². The topological polar surface area (TPSA) is 75.6 Å². The number of aromatic nitrogens is 2. The zero-order chi connectivity index (χ0) is 22.2.